The van der Waals surface area contributed by atoms with Gasteiger partial charge >= 0.3 is 5.97 Å². The highest BCUT2D eigenvalue weighted by Gasteiger charge is 2.40. The zero-order valence-corrected chi connectivity index (χ0v) is 13.0. The molecule has 1 saturated heterocycles. The number of carbonyl (C=O) groups excluding carboxylic acids is 1. The molecule has 0 atom stereocenters. The van der Waals surface area contributed by atoms with E-state index in [9.17, 15) is 4.79 Å². The van der Waals surface area contributed by atoms with Crippen molar-refractivity contribution in [2.45, 2.75) is 38.4 Å². The molecule has 0 bridgehead atoms. The minimum Gasteiger partial charge on any atom is -0.462 e. The Labute approximate surface area is 128 Å². The molecule has 3 rings (SSSR count). The van der Waals surface area contributed by atoms with Crippen LogP contribution in [0.5, 0.6) is 0 Å². The van der Waals surface area contributed by atoms with Crippen LogP contribution in [0.25, 0.3) is 5.57 Å². The Hall–Kier alpha value is -1.17. The van der Waals surface area contributed by atoms with Crippen molar-refractivity contribution in [3.8, 4) is 0 Å². The van der Waals surface area contributed by atoms with Crippen LogP contribution in [-0.4, -0.2) is 31.6 Å². The van der Waals surface area contributed by atoms with Gasteiger partial charge in [0.05, 0.1) is 25.4 Å². The maximum absolute atomic E-state index is 12.3. The third-order valence-corrected chi connectivity index (χ3v) is 4.92. The Morgan fingerprint density at radius 2 is 2.05 bits per heavy atom. The first kappa shape index (κ1) is 14.8. The largest absolute Gasteiger partial charge is 0.462 e. The highest BCUT2D eigenvalue weighted by Crippen LogP contribution is 2.41. The van der Waals surface area contributed by atoms with Gasteiger partial charge in [0.25, 0.3) is 0 Å². The fourth-order valence-corrected chi connectivity index (χ4v) is 3.82. The summed E-state index contributed by atoms with van der Waals surface area (Å²) in [6.45, 7) is 3.59. The Morgan fingerprint density at radius 3 is 2.62 bits per heavy atom. The second-order valence-corrected chi connectivity index (χ2v) is 6.23. The van der Waals surface area contributed by atoms with Gasteiger partial charge in [-0.05, 0) is 31.2 Å². The molecule has 114 valence electrons. The quantitative estimate of drug-likeness (QED) is 0.634. The molecular formula is C16H20O4S. The highest BCUT2D eigenvalue weighted by atomic mass is 32.1. The molecule has 1 aliphatic heterocycles. The van der Waals surface area contributed by atoms with Gasteiger partial charge in [-0.2, -0.15) is 0 Å². The molecule has 0 N–H and O–H groups in total. The van der Waals surface area contributed by atoms with E-state index in [0.29, 0.717) is 19.8 Å². The van der Waals surface area contributed by atoms with E-state index in [1.165, 1.54) is 5.57 Å². The zero-order valence-electron chi connectivity index (χ0n) is 12.2. The first-order chi connectivity index (χ1) is 10.2. The van der Waals surface area contributed by atoms with Crippen molar-refractivity contribution >= 4 is 22.9 Å². The number of hydrogen-bond acceptors (Lipinski definition) is 5. The summed E-state index contributed by atoms with van der Waals surface area (Å²) >= 11 is 1.58. The fraction of sp³-hybridized carbons (Fsp3) is 0.562. The average molecular weight is 308 g/mol. The lowest BCUT2D eigenvalue weighted by molar-refractivity contribution is -0.171. The lowest BCUT2D eigenvalue weighted by Crippen LogP contribution is -2.33. The third-order valence-electron chi connectivity index (χ3n) is 4.03. The van der Waals surface area contributed by atoms with Gasteiger partial charge in [0.1, 0.15) is 0 Å². The standard InChI is InChI=1S/C16H20O4S/c1-2-18-15(17)14(13-4-3-11-21-13)12-5-7-16(8-6-12)19-9-10-20-16/h3-4,11H,2,5-10H2,1H3. The van der Waals surface area contributed by atoms with Crippen LogP contribution in [0.15, 0.2) is 23.1 Å². The van der Waals surface area contributed by atoms with Crippen LogP contribution in [0.3, 0.4) is 0 Å². The van der Waals surface area contributed by atoms with Crippen LogP contribution in [0.4, 0.5) is 0 Å². The molecule has 0 aromatic carbocycles. The molecule has 2 heterocycles. The first-order valence-corrected chi connectivity index (χ1v) is 8.33. The van der Waals surface area contributed by atoms with Crippen molar-refractivity contribution in [1.29, 1.82) is 0 Å². The highest BCUT2D eigenvalue weighted by molar-refractivity contribution is 7.11. The Morgan fingerprint density at radius 1 is 1.33 bits per heavy atom. The summed E-state index contributed by atoms with van der Waals surface area (Å²) in [6, 6.07) is 3.95. The van der Waals surface area contributed by atoms with Crippen molar-refractivity contribution < 1.29 is 19.0 Å². The van der Waals surface area contributed by atoms with Gasteiger partial charge in [-0.15, -0.1) is 11.3 Å². The van der Waals surface area contributed by atoms with Crippen LogP contribution in [0.2, 0.25) is 0 Å². The molecule has 4 nitrogen and oxygen atoms in total. The molecule has 0 unspecified atom stereocenters. The van der Waals surface area contributed by atoms with Crippen molar-refractivity contribution in [2.24, 2.45) is 0 Å². The Bertz CT molecular complexity index is 514. The van der Waals surface area contributed by atoms with Gasteiger partial charge in [-0.25, -0.2) is 4.79 Å². The van der Waals surface area contributed by atoms with Crippen LogP contribution < -0.4 is 0 Å². The monoisotopic (exact) mass is 308 g/mol. The maximum atomic E-state index is 12.3. The first-order valence-electron chi connectivity index (χ1n) is 7.45. The summed E-state index contributed by atoms with van der Waals surface area (Å²) in [5.41, 5.74) is 1.92. The van der Waals surface area contributed by atoms with Gasteiger partial charge in [-0.1, -0.05) is 11.6 Å². The summed E-state index contributed by atoms with van der Waals surface area (Å²) in [7, 11) is 0. The van der Waals surface area contributed by atoms with Gasteiger partial charge in [0.2, 0.25) is 0 Å². The lowest BCUT2D eigenvalue weighted by Gasteiger charge is -2.33. The summed E-state index contributed by atoms with van der Waals surface area (Å²) < 4.78 is 16.7. The lowest BCUT2D eigenvalue weighted by atomic mass is 9.86. The molecule has 1 aliphatic carbocycles. The number of esters is 1. The minimum atomic E-state index is -0.404. The number of allylic oxidation sites excluding steroid dienone is 1. The average Bonchev–Trinajstić information content (AvgIpc) is 3.14. The molecule has 1 aromatic heterocycles. The van der Waals surface area contributed by atoms with E-state index in [1.807, 2.05) is 24.4 Å². The second-order valence-electron chi connectivity index (χ2n) is 5.28. The van der Waals surface area contributed by atoms with Crippen molar-refractivity contribution in [3.63, 3.8) is 0 Å². The van der Waals surface area contributed by atoms with E-state index in [2.05, 4.69) is 0 Å². The topological polar surface area (TPSA) is 44.8 Å². The van der Waals surface area contributed by atoms with E-state index < -0.39 is 5.79 Å². The van der Waals surface area contributed by atoms with Crippen LogP contribution >= 0.6 is 11.3 Å². The Kier molecular flexibility index (Phi) is 4.42. The summed E-state index contributed by atoms with van der Waals surface area (Å²) in [5.74, 6) is -0.613. The third kappa shape index (κ3) is 3.05. The van der Waals surface area contributed by atoms with Crippen LogP contribution in [-0.2, 0) is 19.0 Å². The van der Waals surface area contributed by atoms with E-state index >= 15 is 0 Å². The smallest absolute Gasteiger partial charge is 0.339 e. The molecular weight excluding hydrogens is 288 g/mol. The molecule has 5 heteroatoms. The molecule has 0 radical (unpaired) electrons. The van der Waals surface area contributed by atoms with Gasteiger partial charge < -0.3 is 14.2 Å². The molecule has 0 amide bonds. The van der Waals surface area contributed by atoms with Crippen LogP contribution in [0, 0.1) is 0 Å². The molecule has 2 aliphatic rings. The normalized spacial score (nSPS) is 20.7. The fourth-order valence-electron chi connectivity index (χ4n) is 3.01. The summed E-state index contributed by atoms with van der Waals surface area (Å²) in [5, 5.41) is 1.99. The molecule has 1 saturated carbocycles. The predicted molar refractivity (Wildman–Crippen MR) is 81.0 cm³/mol. The number of carbonyl (C=O) groups is 1. The number of hydrogen-bond donors (Lipinski definition) is 0. The number of thiophene rings is 1. The van der Waals surface area contributed by atoms with Crippen molar-refractivity contribution in [2.75, 3.05) is 19.8 Å². The molecule has 21 heavy (non-hydrogen) atoms. The molecule has 2 fully saturated rings. The van der Waals surface area contributed by atoms with Gasteiger partial charge in [0.15, 0.2) is 5.79 Å². The van der Waals surface area contributed by atoms with Gasteiger partial charge in [0, 0.05) is 17.7 Å². The minimum absolute atomic E-state index is 0.209. The molecule has 1 aromatic rings. The van der Waals surface area contributed by atoms with Crippen LogP contribution in [0.1, 0.15) is 37.5 Å². The number of rotatable bonds is 3. The summed E-state index contributed by atoms with van der Waals surface area (Å²) in [4.78, 5) is 13.3. The van der Waals surface area contributed by atoms with E-state index in [4.69, 9.17) is 14.2 Å². The zero-order chi connectivity index (χ0) is 14.7. The van der Waals surface area contributed by atoms with E-state index in [-0.39, 0.29) is 5.97 Å². The number of ether oxygens (including phenoxy) is 3. The van der Waals surface area contributed by atoms with Gasteiger partial charge in [-0.3, -0.25) is 0 Å². The summed E-state index contributed by atoms with van der Waals surface area (Å²) in [6.07, 6.45) is 3.28. The molecule has 1 spiro atoms. The van der Waals surface area contributed by atoms with Crippen molar-refractivity contribution in [1.82, 2.24) is 0 Å². The maximum Gasteiger partial charge on any atom is 0.339 e. The second kappa shape index (κ2) is 6.30. The van der Waals surface area contributed by atoms with E-state index in [1.54, 1.807) is 11.3 Å². The Balaban J connectivity index is 1.84. The predicted octanol–water partition coefficient (Wildman–Crippen LogP) is 3.38. The van der Waals surface area contributed by atoms with E-state index in [0.717, 1.165) is 36.1 Å². The SMILES string of the molecule is CCOC(=O)C(=C1CCC2(CC1)OCCO2)c1cccs1. The van der Waals surface area contributed by atoms with Crippen molar-refractivity contribution in [3.05, 3.63) is 28.0 Å².